The number of ether oxygens (including phenoxy) is 2. The number of benzene rings is 7. The first-order valence-electron chi connectivity index (χ1n) is 23.5. The second-order valence-electron chi connectivity index (χ2n) is 17.2. The number of thiazole rings is 1. The van der Waals surface area contributed by atoms with Crippen LogP contribution in [0.25, 0.3) is 0 Å². The zero-order valence-corrected chi connectivity index (χ0v) is 41.9. The van der Waals surface area contributed by atoms with Gasteiger partial charge >= 0.3 is 5.97 Å². The van der Waals surface area contributed by atoms with Gasteiger partial charge in [0.25, 0.3) is 11.8 Å². The number of amides is 2. The van der Waals surface area contributed by atoms with Crippen LogP contribution < -0.4 is 15.4 Å². The van der Waals surface area contributed by atoms with Crippen LogP contribution in [-0.4, -0.2) is 63.5 Å². The lowest BCUT2D eigenvalue weighted by atomic mass is 9.77. The van der Waals surface area contributed by atoms with E-state index in [4.69, 9.17) is 36.1 Å². The van der Waals surface area contributed by atoms with Crippen molar-refractivity contribution >= 4 is 63.3 Å². The summed E-state index contributed by atoms with van der Waals surface area (Å²) in [5, 5.41) is 13.2. The minimum Gasteiger partial charge on any atom is -0.497 e. The number of nitrogens with zero attached hydrogens (tertiary/aromatic N) is 3. The maximum absolute atomic E-state index is 15.2. The van der Waals surface area contributed by atoms with Crippen LogP contribution in [0.2, 0.25) is 0 Å². The Balaban J connectivity index is 1.03. The molecule has 0 bridgehead atoms. The van der Waals surface area contributed by atoms with E-state index in [0.717, 1.165) is 38.9 Å². The molecule has 14 heteroatoms. The number of esters is 1. The van der Waals surface area contributed by atoms with Gasteiger partial charge in [0, 0.05) is 33.7 Å². The molecule has 8 aromatic rings. The van der Waals surface area contributed by atoms with Crippen LogP contribution in [0.3, 0.4) is 0 Å². The van der Waals surface area contributed by atoms with Gasteiger partial charge < -0.3 is 24.9 Å². The number of carbonyl (C=O) groups is 3. The lowest BCUT2D eigenvalue weighted by Gasteiger charge is -2.49. The van der Waals surface area contributed by atoms with E-state index in [1.807, 2.05) is 146 Å². The molecule has 3 heterocycles. The molecule has 1 fully saturated rings. The lowest BCUT2D eigenvalue weighted by Crippen LogP contribution is -2.71. The molecule has 1 unspecified atom stereocenters. The number of nitrogens with one attached hydrogen (secondary N) is 2. The van der Waals surface area contributed by atoms with Gasteiger partial charge in [-0.3, -0.25) is 14.5 Å². The van der Waals surface area contributed by atoms with Crippen LogP contribution in [0.1, 0.15) is 44.6 Å². The van der Waals surface area contributed by atoms with Crippen molar-refractivity contribution in [2.75, 3.05) is 24.1 Å². The number of aromatic nitrogens is 1. The highest BCUT2D eigenvalue weighted by atomic mass is 35.5. The average molecular weight is 1020 g/mol. The Kier molecular flexibility index (Phi) is 14.5. The van der Waals surface area contributed by atoms with E-state index >= 15 is 4.79 Å². The average Bonchev–Trinajstić information content (AvgIpc) is 3.93. The van der Waals surface area contributed by atoms with Crippen molar-refractivity contribution in [3.05, 3.63) is 268 Å². The molecule has 1 saturated heterocycles. The number of fused-ring (bicyclic) bond motifs is 1. The fourth-order valence-corrected chi connectivity index (χ4v) is 11.7. The van der Waals surface area contributed by atoms with E-state index in [1.165, 1.54) is 28.0 Å². The van der Waals surface area contributed by atoms with Crippen LogP contribution in [-0.2, 0) is 41.7 Å². The molecule has 2 atom stereocenters. The summed E-state index contributed by atoms with van der Waals surface area (Å²) in [6, 6.07) is 65.6. The SMILES string of the molecule is COc1ccc(COC(=O)C2=C(CCl)CS[C@@H]3C(NC(=O)/C(=N\OC(c4ccccc4)(c4ccccc4)c4ccccc4)c4csc(NC(c5ccccc5)(c5ccccc5)c5ccccc5)n4)C(=O)N23)cc1. The Bertz CT molecular complexity index is 3060. The molecule has 73 heavy (non-hydrogen) atoms. The summed E-state index contributed by atoms with van der Waals surface area (Å²) in [6.45, 7) is -0.0359. The van der Waals surface area contributed by atoms with E-state index < -0.39 is 40.3 Å². The predicted octanol–water partition coefficient (Wildman–Crippen LogP) is 10.9. The van der Waals surface area contributed by atoms with E-state index in [9.17, 15) is 9.59 Å². The highest BCUT2D eigenvalue weighted by molar-refractivity contribution is 8.00. The number of thioether (sulfide) groups is 1. The van der Waals surface area contributed by atoms with E-state index in [0.29, 0.717) is 22.2 Å². The first-order chi connectivity index (χ1) is 35.8. The molecule has 1 aromatic heterocycles. The standard InChI is InChI=1S/C59H48ClN5O6S2/c1-69-48-34-32-40(33-35-48)37-70-56(68)52-41(36-60)38-72-55-51(54(67)65(52)55)62-53(66)50(64-71-59(45-26-14-5-15-27-45,46-28-16-6-17-29-46)47-30-18-7-19-31-47)49-39-73-57(61-49)63-58(42-20-8-2-9-21-42,43-22-10-3-11-23-43)44-24-12-4-13-25-44/h2-35,39,51,55H,36-38H2,1H3,(H,61,63)(H,62,66)/b64-50-/t51?,55-/m1/s1. The topological polar surface area (TPSA) is 131 Å². The zero-order chi connectivity index (χ0) is 50.2. The van der Waals surface area contributed by atoms with Gasteiger partial charge in [0.05, 0.1) is 7.11 Å². The van der Waals surface area contributed by atoms with Crippen molar-refractivity contribution in [3.63, 3.8) is 0 Å². The maximum atomic E-state index is 15.2. The molecular weight excluding hydrogens is 974 g/mol. The van der Waals surface area contributed by atoms with Gasteiger partial charge in [-0.2, -0.15) is 0 Å². The number of hydrogen-bond donors (Lipinski definition) is 2. The highest BCUT2D eigenvalue weighted by Gasteiger charge is 2.55. The second kappa shape index (κ2) is 21.8. The molecule has 2 N–H and O–H groups in total. The summed E-state index contributed by atoms with van der Waals surface area (Å²) in [4.78, 5) is 56.8. The first kappa shape index (κ1) is 48.6. The molecule has 0 radical (unpaired) electrons. The summed E-state index contributed by atoms with van der Waals surface area (Å²) in [5.41, 5.74) is 4.26. The number of methoxy groups -OCH3 is 1. The van der Waals surface area contributed by atoms with Crippen LogP contribution in [0.15, 0.2) is 228 Å². The molecule has 2 aliphatic heterocycles. The monoisotopic (exact) mass is 1020 g/mol. The van der Waals surface area contributed by atoms with Crippen LogP contribution >= 0.6 is 34.7 Å². The van der Waals surface area contributed by atoms with Crippen LogP contribution in [0, 0.1) is 0 Å². The largest absolute Gasteiger partial charge is 0.497 e. The van der Waals surface area contributed by atoms with Gasteiger partial charge in [0.1, 0.15) is 40.7 Å². The van der Waals surface area contributed by atoms with Crippen molar-refractivity contribution in [1.29, 1.82) is 0 Å². The Morgan fingerprint density at radius 2 is 1.18 bits per heavy atom. The molecule has 10 rings (SSSR count). The molecule has 0 saturated carbocycles. The molecule has 7 aromatic carbocycles. The molecule has 0 spiro atoms. The zero-order valence-electron chi connectivity index (χ0n) is 39.5. The molecule has 11 nitrogen and oxygen atoms in total. The summed E-state index contributed by atoms with van der Waals surface area (Å²) in [5.74, 6) is -0.897. The smallest absolute Gasteiger partial charge is 0.355 e. The minimum atomic E-state index is -1.36. The first-order valence-corrected chi connectivity index (χ1v) is 26.0. The normalized spacial score (nSPS) is 15.7. The van der Waals surface area contributed by atoms with Crippen LogP contribution in [0.4, 0.5) is 5.13 Å². The fraction of sp³-hybridized carbons (Fsp3) is 0.136. The number of rotatable bonds is 18. The Labute approximate surface area is 436 Å². The summed E-state index contributed by atoms with van der Waals surface area (Å²) in [7, 11) is 1.57. The molecule has 2 aliphatic rings. The van der Waals surface area contributed by atoms with Gasteiger partial charge in [-0.25, -0.2) is 9.78 Å². The predicted molar refractivity (Wildman–Crippen MR) is 287 cm³/mol. The van der Waals surface area contributed by atoms with Gasteiger partial charge in [0.2, 0.25) is 5.60 Å². The number of halogens is 1. The number of carbonyl (C=O) groups excluding carboxylic acids is 3. The minimum absolute atomic E-state index is 0.00787. The molecule has 2 amide bonds. The Hall–Kier alpha value is -7.97. The quantitative estimate of drug-likeness (QED) is 0.0215. The van der Waals surface area contributed by atoms with Gasteiger partial charge in [0.15, 0.2) is 10.8 Å². The lowest BCUT2D eigenvalue weighted by molar-refractivity contribution is -0.153. The van der Waals surface area contributed by atoms with Crippen molar-refractivity contribution in [3.8, 4) is 5.75 Å². The number of β-lactam (4-membered cyclic amide) rings is 1. The van der Waals surface area contributed by atoms with Crippen molar-refractivity contribution in [2.24, 2.45) is 5.16 Å². The third kappa shape index (κ3) is 9.62. The van der Waals surface area contributed by atoms with E-state index in [2.05, 4.69) is 47.0 Å². The maximum Gasteiger partial charge on any atom is 0.355 e. The summed E-state index contributed by atoms with van der Waals surface area (Å²) < 4.78 is 11.0. The van der Waals surface area contributed by atoms with Crippen molar-refractivity contribution in [1.82, 2.24) is 15.2 Å². The fourth-order valence-electron chi connectivity index (χ4n) is 9.30. The van der Waals surface area contributed by atoms with Gasteiger partial charge in [-0.1, -0.05) is 199 Å². The number of oxime groups is 1. The third-order valence-electron chi connectivity index (χ3n) is 12.9. The number of hydrogen-bond acceptors (Lipinski definition) is 11. The molecule has 0 aliphatic carbocycles. The summed E-state index contributed by atoms with van der Waals surface area (Å²) >= 11 is 9.09. The van der Waals surface area contributed by atoms with Gasteiger partial charge in [-0.15, -0.1) is 34.7 Å². The molecule has 364 valence electrons. The Morgan fingerprint density at radius 3 is 1.64 bits per heavy atom. The Morgan fingerprint density at radius 1 is 0.699 bits per heavy atom. The number of alkyl halides is 1. The van der Waals surface area contributed by atoms with Crippen molar-refractivity contribution < 1.29 is 28.7 Å². The van der Waals surface area contributed by atoms with E-state index in [1.54, 1.807) is 36.8 Å². The third-order valence-corrected chi connectivity index (χ3v) is 15.3. The van der Waals surface area contributed by atoms with Crippen LogP contribution in [0.5, 0.6) is 5.75 Å². The summed E-state index contributed by atoms with van der Waals surface area (Å²) in [6.07, 6.45) is 0. The van der Waals surface area contributed by atoms with Crippen molar-refractivity contribution in [2.45, 2.75) is 29.2 Å². The molecular formula is C59H48ClN5O6S2. The second-order valence-corrected chi connectivity index (χ2v) is 19.4. The highest BCUT2D eigenvalue weighted by Crippen LogP contribution is 2.44. The van der Waals surface area contributed by atoms with E-state index in [-0.39, 0.29) is 29.6 Å². The number of anilines is 1. The van der Waals surface area contributed by atoms with Gasteiger partial charge in [-0.05, 0) is 40.0 Å².